The van der Waals surface area contributed by atoms with E-state index in [1.807, 2.05) is 0 Å². The molecule has 1 aliphatic carbocycles. The number of allylic oxidation sites excluding steroid dienone is 1. The van der Waals surface area contributed by atoms with Crippen LogP contribution in [-0.2, 0) is 28.5 Å². The van der Waals surface area contributed by atoms with Gasteiger partial charge in [-0.1, -0.05) is 6.08 Å². The SMILES string of the molecule is O=C(OCC1CO1)C1=CCCCC1C(=O)OCC1CO1. The third kappa shape index (κ3) is 3.58. The molecule has 6 heteroatoms. The van der Waals surface area contributed by atoms with Crippen molar-refractivity contribution in [3.63, 3.8) is 0 Å². The van der Waals surface area contributed by atoms with Crippen LogP contribution in [0.2, 0.25) is 0 Å². The molecule has 0 N–H and O–H groups in total. The minimum atomic E-state index is -0.505. The number of ether oxygens (including phenoxy) is 4. The van der Waals surface area contributed by atoms with Gasteiger partial charge < -0.3 is 18.9 Å². The van der Waals surface area contributed by atoms with E-state index < -0.39 is 11.9 Å². The Morgan fingerprint density at radius 2 is 1.80 bits per heavy atom. The molecule has 3 rings (SSSR count). The fraction of sp³-hybridized carbons (Fsp3) is 0.714. The van der Waals surface area contributed by atoms with Crippen LogP contribution in [0, 0.1) is 5.92 Å². The van der Waals surface area contributed by atoms with Crippen LogP contribution in [0.15, 0.2) is 11.6 Å². The smallest absolute Gasteiger partial charge is 0.334 e. The minimum Gasteiger partial charge on any atom is -0.462 e. The molecule has 2 heterocycles. The predicted octanol–water partition coefficient (Wildman–Crippen LogP) is 0.597. The standard InChI is InChI=1S/C14H18O6/c15-13(19-7-9-5-17-9)11-3-1-2-4-12(11)14(16)20-8-10-6-18-10/h3,9-10,12H,1-2,4-8H2. The molecule has 0 radical (unpaired) electrons. The first-order valence-corrected chi connectivity index (χ1v) is 7.01. The van der Waals surface area contributed by atoms with Gasteiger partial charge in [-0.3, -0.25) is 4.79 Å². The van der Waals surface area contributed by atoms with Crippen molar-refractivity contribution in [2.75, 3.05) is 26.4 Å². The summed E-state index contributed by atoms with van der Waals surface area (Å²) in [5.41, 5.74) is 0.429. The second-order valence-electron chi connectivity index (χ2n) is 5.28. The average molecular weight is 282 g/mol. The number of epoxide rings is 2. The van der Waals surface area contributed by atoms with Crippen LogP contribution < -0.4 is 0 Å². The topological polar surface area (TPSA) is 77.7 Å². The minimum absolute atomic E-state index is 0.0283. The molecule has 0 bridgehead atoms. The van der Waals surface area contributed by atoms with Crippen LogP contribution in [0.5, 0.6) is 0 Å². The van der Waals surface area contributed by atoms with Crippen LogP contribution in [0.3, 0.4) is 0 Å². The second kappa shape index (κ2) is 5.93. The molecule has 0 spiro atoms. The highest BCUT2D eigenvalue weighted by molar-refractivity contribution is 5.95. The normalized spacial score (nSPS) is 31.2. The maximum absolute atomic E-state index is 12.0. The molecule has 3 atom stereocenters. The summed E-state index contributed by atoms with van der Waals surface area (Å²) in [5, 5.41) is 0. The number of carbonyl (C=O) groups is 2. The van der Waals surface area contributed by atoms with E-state index in [4.69, 9.17) is 18.9 Å². The molecule has 3 unspecified atom stereocenters. The molecule has 20 heavy (non-hydrogen) atoms. The van der Waals surface area contributed by atoms with E-state index in [1.165, 1.54) is 0 Å². The molecule has 2 aliphatic heterocycles. The van der Waals surface area contributed by atoms with E-state index in [0.717, 1.165) is 12.8 Å². The van der Waals surface area contributed by atoms with Crippen molar-refractivity contribution in [1.82, 2.24) is 0 Å². The lowest BCUT2D eigenvalue weighted by atomic mass is 9.87. The van der Waals surface area contributed by atoms with Crippen LogP contribution in [0.1, 0.15) is 19.3 Å². The summed E-state index contributed by atoms with van der Waals surface area (Å²) in [7, 11) is 0. The van der Waals surface area contributed by atoms with Crippen molar-refractivity contribution >= 4 is 11.9 Å². The van der Waals surface area contributed by atoms with Crippen molar-refractivity contribution in [1.29, 1.82) is 0 Å². The van der Waals surface area contributed by atoms with Crippen molar-refractivity contribution in [2.24, 2.45) is 5.92 Å². The molecular weight excluding hydrogens is 264 g/mol. The monoisotopic (exact) mass is 282 g/mol. The molecule has 0 aromatic rings. The molecule has 0 aromatic carbocycles. The van der Waals surface area contributed by atoms with Gasteiger partial charge in [0.1, 0.15) is 25.4 Å². The molecule has 2 saturated heterocycles. The van der Waals surface area contributed by atoms with Crippen LogP contribution in [-0.4, -0.2) is 50.6 Å². The summed E-state index contributed by atoms with van der Waals surface area (Å²) >= 11 is 0. The first-order chi connectivity index (χ1) is 9.74. The summed E-state index contributed by atoms with van der Waals surface area (Å²) in [4.78, 5) is 24.1. The van der Waals surface area contributed by atoms with Gasteiger partial charge in [0, 0.05) is 5.57 Å². The van der Waals surface area contributed by atoms with Gasteiger partial charge in [0.2, 0.25) is 0 Å². The van der Waals surface area contributed by atoms with Gasteiger partial charge in [0.15, 0.2) is 0 Å². The molecule has 6 nitrogen and oxygen atoms in total. The van der Waals surface area contributed by atoms with Gasteiger partial charge in [-0.2, -0.15) is 0 Å². The summed E-state index contributed by atoms with van der Waals surface area (Å²) in [6, 6.07) is 0. The lowest BCUT2D eigenvalue weighted by molar-refractivity contribution is -0.151. The van der Waals surface area contributed by atoms with E-state index in [2.05, 4.69) is 0 Å². The fourth-order valence-electron chi connectivity index (χ4n) is 2.20. The van der Waals surface area contributed by atoms with Gasteiger partial charge in [0.25, 0.3) is 0 Å². The number of carbonyl (C=O) groups excluding carboxylic acids is 2. The molecular formula is C14H18O6. The van der Waals surface area contributed by atoms with E-state index in [0.29, 0.717) is 25.2 Å². The van der Waals surface area contributed by atoms with Crippen LogP contribution in [0.4, 0.5) is 0 Å². The lowest BCUT2D eigenvalue weighted by Crippen LogP contribution is -2.28. The Kier molecular flexibility index (Phi) is 4.03. The number of hydrogen-bond acceptors (Lipinski definition) is 6. The largest absolute Gasteiger partial charge is 0.462 e. The Bertz CT molecular complexity index is 421. The highest BCUT2D eigenvalue weighted by Crippen LogP contribution is 2.28. The molecule has 0 amide bonds. The van der Waals surface area contributed by atoms with Crippen molar-refractivity contribution in [2.45, 2.75) is 31.5 Å². The molecule has 0 saturated carbocycles. The quantitative estimate of drug-likeness (QED) is 0.524. The van der Waals surface area contributed by atoms with Gasteiger partial charge >= 0.3 is 11.9 Å². The van der Waals surface area contributed by atoms with Crippen molar-refractivity contribution < 1.29 is 28.5 Å². The second-order valence-corrected chi connectivity index (χ2v) is 5.28. The van der Waals surface area contributed by atoms with Gasteiger partial charge in [-0.05, 0) is 19.3 Å². The lowest BCUT2D eigenvalue weighted by Gasteiger charge is -2.21. The van der Waals surface area contributed by atoms with Crippen LogP contribution >= 0.6 is 0 Å². The molecule has 3 aliphatic rings. The van der Waals surface area contributed by atoms with Gasteiger partial charge in [-0.15, -0.1) is 0 Å². The Balaban J connectivity index is 1.54. The maximum atomic E-state index is 12.0. The van der Waals surface area contributed by atoms with E-state index in [9.17, 15) is 9.59 Å². The highest BCUT2D eigenvalue weighted by Gasteiger charge is 2.34. The Morgan fingerprint density at radius 1 is 1.15 bits per heavy atom. The van der Waals surface area contributed by atoms with Crippen molar-refractivity contribution in [3.05, 3.63) is 11.6 Å². The molecule has 110 valence electrons. The number of rotatable bonds is 6. The van der Waals surface area contributed by atoms with Gasteiger partial charge in [0.05, 0.1) is 19.1 Å². The maximum Gasteiger partial charge on any atom is 0.334 e. The van der Waals surface area contributed by atoms with E-state index in [1.54, 1.807) is 6.08 Å². The van der Waals surface area contributed by atoms with E-state index >= 15 is 0 Å². The third-order valence-electron chi connectivity index (χ3n) is 3.57. The zero-order valence-corrected chi connectivity index (χ0v) is 11.2. The zero-order valence-electron chi connectivity index (χ0n) is 11.2. The summed E-state index contributed by atoms with van der Waals surface area (Å²) < 4.78 is 20.3. The molecule has 2 fully saturated rings. The highest BCUT2D eigenvalue weighted by atomic mass is 16.6. The zero-order chi connectivity index (χ0) is 13.9. The Hall–Kier alpha value is -1.40. The third-order valence-corrected chi connectivity index (χ3v) is 3.57. The summed E-state index contributed by atoms with van der Waals surface area (Å²) in [6.45, 7) is 1.81. The summed E-state index contributed by atoms with van der Waals surface area (Å²) in [5.74, 6) is -1.29. The average Bonchev–Trinajstić information content (AvgIpc) is 3.36. The number of hydrogen-bond donors (Lipinski definition) is 0. The van der Waals surface area contributed by atoms with Crippen molar-refractivity contribution in [3.8, 4) is 0 Å². The first-order valence-electron chi connectivity index (χ1n) is 7.01. The molecule has 0 aromatic heterocycles. The van der Waals surface area contributed by atoms with Crippen LogP contribution in [0.25, 0.3) is 0 Å². The fourth-order valence-corrected chi connectivity index (χ4v) is 2.20. The Labute approximate surface area is 117 Å². The Morgan fingerprint density at radius 3 is 2.45 bits per heavy atom. The number of esters is 2. The summed E-state index contributed by atoms with van der Waals surface area (Å²) in [6.07, 6.45) is 4.15. The van der Waals surface area contributed by atoms with E-state index in [-0.39, 0.29) is 31.4 Å². The first kappa shape index (κ1) is 13.6. The van der Waals surface area contributed by atoms with Gasteiger partial charge in [-0.25, -0.2) is 4.79 Å². The predicted molar refractivity (Wildman–Crippen MR) is 66.8 cm³/mol.